The van der Waals surface area contributed by atoms with Crippen LogP contribution in [0, 0.1) is 34.3 Å². The first-order valence-electron chi connectivity index (χ1n) is 6.48. The molecule has 1 saturated carbocycles. The van der Waals surface area contributed by atoms with Gasteiger partial charge in [-0.2, -0.15) is 5.26 Å². The molecule has 1 aliphatic carbocycles. The minimum absolute atomic E-state index is 0.0987. The molecule has 1 amide bonds. The van der Waals surface area contributed by atoms with E-state index in [0.29, 0.717) is 5.56 Å². The van der Waals surface area contributed by atoms with Gasteiger partial charge in [0.2, 0.25) is 0 Å². The highest BCUT2D eigenvalue weighted by molar-refractivity contribution is 5.95. The van der Waals surface area contributed by atoms with Crippen LogP contribution >= 0.6 is 0 Å². The number of nitrogens with zero attached hydrogens (tertiary/aromatic N) is 2. The molecule has 6 heteroatoms. The minimum Gasteiger partial charge on any atom is -0.348 e. The van der Waals surface area contributed by atoms with E-state index in [-0.39, 0.29) is 29.1 Å². The van der Waals surface area contributed by atoms with E-state index < -0.39 is 4.92 Å². The lowest BCUT2D eigenvalue weighted by Crippen LogP contribution is -2.36. The van der Waals surface area contributed by atoms with Crippen molar-refractivity contribution in [3.05, 3.63) is 39.4 Å². The molecule has 2 unspecified atom stereocenters. The highest BCUT2D eigenvalue weighted by Gasteiger charge is 2.29. The van der Waals surface area contributed by atoms with Crippen molar-refractivity contribution in [2.45, 2.75) is 32.2 Å². The molecular formula is C14H15N3O3. The molecule has 0 radical (unpaired) electrons. The number of hydrogen-bond acceptors (Lipinski definition) is 4. The zero-order chi connectivity index (χ0) is 14.7. The van der Waals surface area contributed by atoms with Crippen molar-refractivity contribution in [1.82, 2.24) is 5.32 Å². The fourth-order valence-electron chi connectivity index (χ4n) is 2.54. The molecule has 104 valence electrons. The number of hydrogen-bond donors (Lipinski definition) is 1. The lowest BCUT2D eigenvalue weighted by Gasteiger charge is -2.15. The zero-order valence-electron chi connectivity index (χ0n) is 11.1. The SMILES string of the molecule is Cc1cc(C(=O)NC2CCCC2C#N)cc([N+](=O)[O-])c1. The maximum Gasteiger partial charge on any atom is 0.270 e. The Hall–Kier alpha value is -2.42. The Labute approximate surface area is 116 Å². The quantitative estimate of drug-likeness (QED) is 0.675. The first kappa shape index (κ1) is 14.0. The van der Waals surface area contributed by atoms with Crippen molar-refractivity contribution >= 4 is 11.6 Å². The lowest BCUT2D eigenvalue weighted by molar-refractivity contribution is -0.384. The number of nitro benzene ring substituents is 1. The molecule has 0 bridgehead atoms. The molecule has 2 atom stereocenters. The van der Waals surface area contributed by atoms with Gasteiger partial charge in [0.15, 0.2) is 0 Å². The first-order valence-corrected chi connectivity index (χ1v) is 6.48. The summed E-state index contributed by atoms with van der Waals surface area (Å²) in [6.07, 6.45) is 2.48. The summed E-state index contributed by atoms with van der Waals surface area (Å²) in [6, 6.07) is 6.32. The Kier molecular flexibility index (Phi) is 3.99. The van der Waals surface area contributed by atoms with E-state index in [1.807, 2.05) is 0 Å². The van der Waals surface area contributed by atoms with Crippen LogP contribution in [0.3, 0.4) is 0 Å². The van der Waals surface area contributed by atoms with Gasteiger partial charge in [0.25, 0.3) is 11.6 Å². The fourth-order valence-corrected chi connectivity index (χ4v) is 2.54. The summed E-state index contributed by atoms with van der Waals surface area (Å²) in [5.41, 5.74) is 0.825. The first-order chi connectivity index (χ1) is 9.51. The number of carbonyl (C=O) groups excluding carboxylic acids is 1. The number of nitriles is 1. The summed E-state index contributed by atoms with van der Waals surface area (Å²) in [5, 5.41) is 22.6. The summed E-state index contributed by atoms with van der Waals surface area (Å²) in [5.74, 6) is -0.525. The van der Waals surface area contributed by atoms with E-state index in [1.54, 1.807) is 13.0 Å². The van der Waals surface area contributed by atoms with E-state index in [2.05, 4.69) is 11.4 Å². The van der Waals surface area contributed by atoms with Gasteiger partial charge >= 0.3 is 0 Å². The molecule has 1 aromatic carbocycles. The molecule has 1 aromatic rings. The normalized spacial score (nSPS) is 21.2. The van der Waals surface area contributed by atoms with Crippen molar-refractivity contribution in [1.29, 1.82) is 5.26 Å². The maximum atomic E-state index is 12.1. The van der Waals surface area contributed by atoms with Crippen LogP contribution in [0.2, 0.25) is 0 Å². The lowest BCUT2D eigenvalue weighted by atomic mass is 10.0. The third-order valence-electron chi connectivity index (χ3n) is 3.53. The number of benzene rings is 1. The van der Waals surface area contributed by atoms with Crippen LogP contribution in [0.4, 0.5) is 5.69 Å². The third kappa shape index (κ3) is 2.94. The van der Waals surface area contributed by atoms with Gasteiger partial charge in [-0.05, 0) is 37.8 Å². The summed E-state index contributed by atoms with van der Waals surface area (Å²) in [6.45, 7) is 1.71. The Morgan fingerprint density at radius 2 is 2.20 bits per heavy atom. The minimum atomic E-state index is -0.516. The predicted molar refractivity (Wildman–Crippen MR) is 72.0 cm³/mol. The van der Waals surface area contributed by atoms with Crippen molar-refractivity contribution in [3.8, 4) is 6.07 Å². The number of carbonyl (C=O) groups is 1. The van der Waals surface area contributed by atoms with Crippen LogP contribution < -0.4 is 5.32 Å². The summed E-state index contributed by atoms with van der Waals surface area (Å²) >= 11 is 0. The van der Waals surface area contributed by atoms with Gasteiger partial charge in [0.1, 0.15) is 0 Å². The van der Waals surface area contributed by atoms with Gasteiger partial charge in [0.05, 0.1) is 16.9 Å². The number of amides is 1. The molecule has 1 fully saturated rings. The molecule has 0 spiro atoms. The third-order valence-corrected chi connectivity index (χ3v) is 3.53. The van der Waals surface area contributed by atoms with E-state index in [9.17, 15) is 14.9 Å². The van der Waals surface area contributed by atoms with Crippen LogP contribution in [-0.2, 0) is 0 Å². The van der Waals surface area contributed by atoms with Crippen molar-refractivity contribution < 1.29 is 9.72 Å². The van der Waals surface area contributed by atoms with Gasteiger partial charge in [0, 0.05) is 23.7 Å². The fraction of sp³-hybridized carbons (Fsp3) is 0.429. The highest BCUT2D eigenvalue weighted by atomic mass is 16.6. The molecule has 0 aromatic heterocycles. The Balaban J connectivity index is 2.17. The van der Waals surface area contributed by atoms with Crippen LogP contribution in [0.25, 0.3) is 0 Å². The predicted octanol–water partition coefficient (Wildman–Crippen LogP) is 2.33. The standard InChI is InChI=1S/C14H15N3O3/c1-9-5-11(7-12(6-9)17(19)20)14(18)16-13-4-2-3-10(13)8-15/h5-7,10,13H,2-4H2,1H3,(H,16,18). The van der Waals surface area contributed by atoms with E-state index in [1.165, 1.54) is 12.1 Å². The van der Waals surface area contributed by atoms with Gasteiger partial charge in [-0.1, -0.05) is 0 Å². The topological polar surface area (TPSA) is 96.0 Å². The molecule has 0 saturated heterocycles. The van der Waals surface area contributed by atoms with Crippen molar-refractivity contribution in [3.63, 3.8) is 0 Å². The maximum absolute atomic E-state index is 12.1. The van der Waals surface area contributed by atoms with E-state index in [0.717, 1.165) is 19.3 Å². The second kappa shape index (κ2) is 5.70. The van der Waals surface area contributed by atoms with Gasteiger partial charge in [-0.25, -0.2) is 0 Å². The molecule has 6 nitrogen and oxygen atoms in total. The number of rotatable bonds is 3. The van der Waals surface area contributed by atoms with Crippen LogP contribution in [0.15, 0.2) is 18.2 Å². The Morgan fingerprint density at radius 1 is 1.45 bits per heavy atom. The molecule has 1 N–H and O–H groups in total. The second-order valence-electron chi connectivity index (χ2n) is 5.06. The summed E-state index contributed by atoms with van der Waals surface area (Å²) in [4.78, 5) is 22.4. The monoisotopic (exact) mass is 273 g/mol. The van der Waals surface area contributed by atoms with Crippen molar-refractivity contribution in [2.75, 3.05) is 0 Å². The molecular weight excluding hydrogens is 258 g/mol. The van der Waals surface area contributed by atoms with Crippen LogP contribution in [0.5, 0.6) is 0 Å². The smallest absolute Gasteiger partial charge is 0.270 e. The molecule has 1 aliphatic rings. The number of nitrogens with one attached hydrogen (secondary N) is 1. The van der Waals surface area contributed by atoms with Crippen molar-refractivity contribution in [2.24, 2.45) is 5.92 Å². The average Bonchev–Trinajstić information content (AvgIpc) is 2.85. The van der Waals surface area contributed by atoms with Gasteiger partial charge in [-0.3, -0.25) is 14.9 Å². The van der Waals surface area contributed by atoms with E-state index >= 15 is 0 Å². The second-order valence-corrected chi connectivity index (χ2v) is 5.06. The zero-order valence-corrected chi connectivity index (χ0v) is 11.1. The average molecular weight is 273 g/mol. The largest absolute Gasteiger partial charge is 0.348 e. The molecule has 20 heavy (non-hydrogen) atoms. The number of non-ortho nitro benzene ring substituents is 1. The van der Waals surface area contributed by atoms with Crippen LogP contribution in [0.1, 0.15) is 35.2 Å². The van der Waals surface area contributed by atoms with Gasteiger partial charge in [-0.15, -0.1) is 0 Å². The Morgan fingerprint density at radius 3 is 2.85 bits per heavy atom. The number of nitro groups is 1. The Bertz CT molecular complexity index is 592. The summed E-state index contributed by atoms with van der Waals surface area (Å²) < 4.78 is 0. The molecule has 2 rings (SSSR count). The highest BCUT2D eigenvalue weighted by Crippen LogP contribution is 2.25. The molecule has 0 heterocycles. The van der Waals surface area contributed by atoms with E-state index in [4.69, 9.17) is 5.26 Å². The number of aryl methyl sites for hydroxylation is 1. The summed E-state index contributed by atoms with van der Waals surface area (Å²) in [7, 11) is 0. The van der Waals surface area contributed by atoms with Crippen LogP contribution in [-0.4, -0.2) is 16.9 Å². The molecule has 0 aliphatic heterocycles. The van der Waals surface area contributed by atoms with Gasteiger partial charge < -0.3 is 5.32 Å².